The summed E-state index contributed by atoms with van der Waals surface area (Å²) in [5.41, 5.74) is 3.48. The maximum atomic E-state index is 12.9. The van der Waals surface area contributed by atoms with Crippen molar-refractivity contribution in [1.29, 1.82) is 0 Å². The Balaban J connectivity index is 1.47. The number of fused-ring (bicyclic) bond motifs is 1. The van der Waals surface area contributed by atoms with Gasteiger partial charge < -0.3 is 9.64 Å². The topological polar surface area (TPSA) is 49.9 Å². The number of piperidine rings is 1. The Morgan fingerprint density at radius 2 is 1.69 bits per heavy atom. The summed E-state index contributed by atoms with van der Waals surface area (Å²) in [7, 11) is -3.41. The molecule has 2 aliphatic rings. The van der Waals surface area contributed by atoms with Crippen molar-refractivity contribution in [3.05, 3.63) is 59.7 Å². The monoisotopic (exact) mass is 372 g/mol. The van der Waals surface area contributed by atoms with Crippen LogP contribution in [-0.2, 0) is 21.4 Å². The lowest BCUT2D eigenvalue weighted by Gasteiger charge is -2.41. The van der Waals surface area contributed by atoms with Gasteiger partial charge in [-0.2, -0.15) is 4.31 Å². The molecule has 0 radical (unpaired) electrons. The summed E-state index contributed by atoms with van der Waals surface area (Å²) >= 11 is 0. The number of anilines is 1. The molecular weight excluding hydrogens is 348 g/mol. The van der Waals surface area contributed by atoms with Crippen molar-refractivity contribution in [3.63, 3.8) is 0 Å². The molecule has 2 aromatic carbocycles. The third kappa shape index (κ3) is 3.24. The van der Waals surface area contributed by atoms with Crippen molar-refractivity contribution >= 4 is 15.7 Å². The molecule has 0 spiro atoms. The van der Waals surface area contributed by atoms with Crippen LogP contribution in [0.5, 0.6) is 0 Å². The second-order valence-corrected chi connectivity index (χ2v) is 8.96. The Kier molecular flexibility index (Phi) is 4.73. The summed E-state index contributed by atoms with van der Waals surface area (Å²) in [6, 6.07) is 15.7. The molecule has 0 atom stereocenters. The van der Waals surface area contributed by atoms with Crippen LogP contribution >= 0.6 is 0 Å². The van der Waals surface area contributed by atoms with Crippen molar-refractivity contribution < 1.29 is 13.2 Å². The molecule has 0 aromatic heterocycles. The molecule has 2 heterocycles. The van der Waals surface area contributed by atoms with Gasteiger partial charge in [0.1, 0.15) is 6.73 Å². The lowest BCUT2D eigenvalue weighted by molar-refractivity contribution is 0.0988. The normalized spacial score (nSPS) is 19.3. The number of hydrogen-bond acceptors (Lipinski definition) is 4. The van der Waals surface area contributed by atoms with Crippen LogP contribution in [-0.4, -0.2) is 38.6 Å². The number of ether oxygens (including phenoxy) is 1. The Bertz CT molecular complexity index is 872. The van der Waals surface area contributed by atoms with Crippen LogP contribution in [0, 0.1) is 6.92 Å². The van der Waals surface area contributed by atoms with E-state index in [0.29, 0.717) is 37.4 Å². The molecule has 0 amide bonds. The number of aryl methyl sites for hydroxylation is 1. The second-order valence-electron chi connectivity index (χ2n) is 7.02. The van der Waals surface area contributed by atoms with E-state index in [0.717, 1.165) is 18.4 Å². The van der Waals surface area contributed by atoms with Gasteiger partial charge in [0, 0.05) is 30.4 Å². The number of nitrogens with zero attached hydrogens (tertiary/aromatic N) is 2. The molecule has 1 saturated heterocycles. The van der Waals surface area contributed by atoms with Gasteiger partial charge in [-0.25, -0.2) is 8.42 Å². The van der Waals surface area contributed by atoms with Gasteiger partial charge in [-0.3, -0.25) is 0 Å². The van der Waals surface area contributed by atoms with E-state index in [1.54, 1.807) is 16.4 Å². The van der Waals surface area contributed by atoms with E-state index in [4.69, 9.17) is 4.74 Å². The van der Waals surface area contributed by atoms with Crippen LogP contribution in [0.4, 0.5) is 5.69 Å². The average Bonchev–Trinajstić information content (AvgIpc) is 2.68. The summed E-state index contributed by atoms with van der Waals surface area (Å²) in [6.07, 6.45) is 1.62. The fourth-order valence-corrected chi connectivity index (χ4v) is 5.26. The SMILES string of the molecule is Cc1ccc(S(=O)(=O)N2CCC(N3COCc4ccccc43)CC2)cc1. The van der Waals surface area contributed by atoms with Crippen LogP contribution < -0.4 is 4.90 Å². The van der Waals surface area contributed by atoms with Crippen LogP contribution in [0.15, 0.2) is 53.4 Å². The number of hydrogen-bond donors (Lipinski definition) is 0. The highest BCUT2D eigenvalue weighted by atomic mass is 32.2. The maximum Gasteiger partial charge on any atom is 0.243 e. The molecule has 0 saturated carbocycles. The van der Waals surface area contributed by atoms with Gasteiger partial charge in [-0.15, -0.1) is 0 Å². The molecule has 1 fully saturated rings. The van der Waals surface area contributed by atoms with Gasteiger partial charge in [-0.1, -0.05) is 35.9 Å². The van der Waals surface area contributed by atoms with E-state index in [1.807, 2.05) is 31.2 Å². The first-order valence-corrected chi connectivity index (χ1v) is 10.5. The minimum atomic E-state index is -3.41. The standard InChI is InChI=1S/C20H24N2O3S/c1-16-6-8-19(9-7-16)26(23,24)21-12-10-18(11-13-21)22-15-25-14-17-4-2-3-5-20(17)22/h2-9,18H,10-15H2,1H3. The number of benzene rings is 2. The highest BCUT2D eigenvalue weighted by Gasteiger charge is 2.33. The molecule has 0 unspecified atom stereocenters. The minimum absolute atomic E-state index is 0.306. The summed E-state index contributed by atoms with van der Waals surface area (Å²) in [4.78, 5) is 2.67. The predicted octanol–water partition coefficient (Wildman–Crippen LogP) is 3.14. The molecule has 2 aromatic rings. The average molecular weight is 372 g/mol. The van der Waals surface area contributed by atoms with Gasteiger partial charge in [0.05, 0.1) is 11.5 Å². The van der Waals surface area contributed by atoms with E-state index in [2.05, 4.69) is 17.0 Å². The lowest BCUT2D eigenvalue weighted by Crippen LogP contribution is -2.48. The van der Waals surface area contributed by atoms with E-state index >= 15 is 0 Å². The molecule has 2 aliphatic heterocycles. The molecule has 4 rings (SSSR count). The van der Waals surface area contributed by atoms with Crippen molar-refractivity contribution in [1.82, 2.24) is 4.31 Å². The third-order valence-corrected chi connectivity index (χ3v) is 7.22. The first-order valence-electron chi connectivity index (χ1n) is 9.05. The highest BCUT2D eigenvalue weighted by molar-refractivity contribution is 7.89. The first-order chi connectivity index (χ1) is 12.6. The zero-order valence-corrected chi connectivity index (χ0v) is 15.8. The number of para-hydroxylation sites is 1. The second kappa shape index (κ2) is 7.02. The molecule has 26 heavy (non-hydrogen) atoms. The zero-order valence-electron chi connectivity index (χ0n) is 15.0. The Hall–Kier alpha value is -1.89. The van der Waals surface area contributed by atoms with Gasteiger partial charge in [0.25, 0.3) is 0 Å². The lowest BCUT2D eigenvalue weighted by atomic mass is 10.0. The molecule has 0 aliphatic carbocycles. The number of rotatable bonds is 3. The maximum absolute atomic E-state index is 12.9. The van der Waals surface area contributed by atoms with Gasteiger partial charge >= 0.3 is 0 Å². The van der Waals surface area contributed by atoms with Crippen LogP contribution in [0.3, 0.4) is 0 Å². The Morgan fingerprint density at radius 3 is 2.42 bits per heavy atom. The molecule has 138 valence electrons. The van der Waals surface area contributed by atoms with Crippen molar-refractivity contribution in [2.75, 3.05) is 24.7 Å². The summed E-state index contributed by atoms with van der Waals surface area (Å²) in [5, 5.41) is 0. The Labute approximate surface area is 155 Å². The molecule has 0 N–H and O–H groups in total. The minimum Gasteiger partial charge on any atom is -0.356 e. The van der Waals surface area contributed by atoms with E-state index in [9.17, 15) is 8.42 Å². The molecule has 6 heteroatoms. The largest absolute Gasteiger partial charge is 0.356 e. The van der Waals surface area contributed by atoms with Crippen molar-refractivity contribution in [2.45, 2.75) is 37.3 Å². The molecular formula is C20H24N2O3S. The first kappa shape index (κ1) is 17.5. The fourth-order valence-electron chi connectivity index (χ4n) is 3.79. The third-order valence-electron chi connectivity index (χ3n) is 5.31. The molecule has 5 nitrogen and oxygen atoms in total. The summed E-state index contributed by atoms with van der Waals surface area (Å²) in [5.74, 6) is 0. The predicted molar refractivity (Wildman–Crippen MR) is 102 cm³/mol. The van der Waals surface area contributed by atoms with Crippen molar-refractivity contribution in [3.8, 4) is 0 Å². The van der Waals surface area contributed by atoms with Crippen LogP contribution in [0.2, 0.25) is 0 Å². The van der Waals surface area contributed by atoms with Crippen LogP contribution in [0.1, 0.15) is 24.0 Å². The number of sulfonamides is 1. The van der Waals surface area contributed by atoms with Gasteiger partial charge in [-0.05, 0) is 38.0 Å². The quantitative estimate of drug-likeness (QED) is 0.831. The molecule has 0 bridgehead atoms. The van der Waals surface area contributed by atoms with E-state index in [1.165, 1.54) is 11.3 Å². The fraction of sp³-hybridized carbons (Fsp3) is 0.400. The highest BCUT2D eigenvalue weighted by Crippen LogP contribution is 2.31. The van der Waals surface area contributed by atoms with E-state index in [-0.39, 0.29) is 0 Å². The summed E-state index contributed by atoms with van der Waals surface area (Å²) in [6.45, 7) is 4.26. The van der Waals surface area contributed by atoms with Crippen molar-refractivity contribution in [2.24, 2.45) is 0 Å². The summed E-state index contributed by atoms with van der Waals surface area (Å²) < 4.78 is 33.1. The van der Waals surface area contributed by atoms with Gasteiger partial charge in [0.15, 0.2) is 0 Å². The smallest absolute Gasteiger partial charge is 0.243 e. The van der Waals surface area contributed by atoms with Gasteiger partial charge in [0.2, 0.25) is 10.0 Å². The zero-order chi connectivity index (χ0) is 18.1. The Morgan fingerprint density at radius 1 is 1.00 bits per heavy atom. The van der Waals surface area contributed by atoms with E-state index < -0.39 is 10.0 Å². The van der Waals surface area contributed by atoms with Crippen LogP contribution in [0.25, 0.3) is 0 Å².